The zero-order valence-corrected chi connectivity index (χ0v) is 20.2. The summed E-state index contributed by atoms with van der Waals surface area (Å²) in [4.78, 5) is 5.73. The summed E-state index contributed by atoms with van der Waals surface area (Å²) in [6.07, 6.45) is 4.04. The molecule has 0 spiro atoms. The number of ether oxygens (including phenoxy) is 2. The van der Waals surface area contributed by atoms with Gasteiger partial charge in [0.15, 0.2) is 9.84 Å². The van der Waals surface area contributed by atoms with Crippen LogP contribution >= 0.6 is 11.3 Å². The van der Waals surface area contributed by atoms with Gasteiger partial charge in [-0.2, -0.15) is 0 Å². The lowest BCUT2D eigenvalue weighted by Crippen LogP contribution is -2.39. The Kier molecular flexibility index (Phi) is 5.51. The van der Waals surface area contributed by atoms with Gasteiger partial charge in [0.2, 0.25) is 0 Å². The maximum atomic E-state index is 11.7. The number of methoxy groups -OCH3 is 2. The van der Waals surface area contributed by atoms with E-state index in [1.807, 2.05) is 35.6 Å². The topological polar surface area (TPSA) is 55.8 Å². The molecule has 1 aromatic heterocycles. The molecular weight excluding hydrogens is 442 g/mol. The molecule has 3 aromatic rings. The van der Waals surface area contributed by atoms with Crippen molar-refractivity contribution in [2.24, 2.45) is 0 Å². The second-order valence-electron chi connectivity index (χ2n) is 8.55. The van der Waals surface area contributed by atoms with Crippen LogP contribution in [-0.4, -0.2) is 40.3 Å². The standard InChI is InChI=1S/C25H27NO4S2/c1-29-23-8-9-24(30-2)21-15-26-11-10-25-20(22(26)14-19(21)23)13-17(31-25)12-16-4-6-18(7-5-16)32(3,27)28/h4-9,13,22H,10-12,14-15H2,1-3H3. The van der Waals surface area contributed by atoms with Gasteiger partial charge in [-0.15, -0.1) is 11.3 Å². The van der Waals surface area contributed by atoms with Crippen molar-refractivity contribution in [1.82, 2.24) is 4.90 Å². The van der Waals surface area contributed by atoms with Crippen LogP contribution in [0.1, 0.15) is 38.0 Å². The summed E-state index contributed by atoms with van der Waals surface area (Å²) in [5.41, 5.74) is 5.06. The molecule has 0 bridgehead atoms. The Morgan fingerprint density at radius 3 is 2.38 bits per heavy atom. The highest BCUT2D eigenvalue weighted by Gasteiger charge is 2.35. The molecule has 0 N–H and O–H groups in total. The van der Waals surface area contributed by atoms with Crippen LogP contribution < -0.4 is 9.47 Å². The first-order valence-electron chi connectivity index (χ1n) is 10.7. The molecule has 168 valence electrons. The molecule has 0 amide bonds. The Morgan fingerprint density at radius 1 is 1.03 bits per heavy atom. The largest absolute Gasteiger partial charge is 0.496 e. The number of nitrogens with zero attached hydrogens (tertiary/aromatic N) is 1. The molecule has 0 fully saturated rings. The van der Waals surface area contributed by atoms with E-state index in [4.69, 9.17) is 9.47 Å². The molecule has 0 aliphatic carbocycles. The van der Waals surface area contributed by atoms with Gasteiger partial charge in [0.1, 0.15) is 11.5 Å². The van der Waals surface area contributed by atoms with Crippen LogP contribution in [0.5, 0.6) is 11.5 Å². The summed E-state index contributed by atoms with van der Waals surface area (Å²) in [7, 11) is 0.302. The van der Waals surface area contributed by atoms with E-state index in [0.717, 1.165) is 49.4 Å². The third-order valence-electron chi connectivity index (χ3n) is 6.59. The molecule has 1 atom stereocenters. The Hall–Kier alpha value is -2.35. The second kappa shape index (κ2) is 8.21. The van der Waals surface area contributed by atoms with Gasteiger partial charge in [-0.3, -0.25) is 4.90 Å². The van der Waals surface area contributed by atoms with Crippen molar-refractivity contribution in [3.63, 3.8) is 0 Å². The predicted molar refractivity (Wildman–Crippen MR) is 127 cm³/mol. The lowest BCUT2D eigenvalue weighted by Gasteiger charge is -2.41. The third-order valence-corrected chi connectivity index (χ3v) is 8.93. The molecule has 2 aliphatic heterocycles. The van der Waals surface area contributed by atoms with Crippen molar-refractivity contribution in [2.45, 2.75) is 36.7 Å². The fraction of sp³-hybridized carbons (Fsp3) is 0.360. The van der Waals surface area contributed by atoms with E-state index >= 15 is 0 Å². The normalized spacial score (nSPS) is 17.9. The molecule has 1 unspecified atom stereocenters. The summed E-state index contributed by atoms with van der Waals surface area (Å²) in [6.45, 7) is 1.92. The van der Waals surface area contributed by atoms with Gasteiger partial charge in [0, 0.05) is 52.7 Å². The first kappa shape index (κ1) is 21.5. The van der Waals surface area contributed by atoms with Gasteiger partial charge in [0.25, 0.3) is 0 Å². The van der Waals surface area contributed by atoms with Crippen molar-refractivity contribution in [1.29, 1.82) is 0 Å². The second-order valence-corrected chi connectivity index (χ2v) is 11.8. The minimum absolute atomic E-state index is 0.352. The van der Waals surface area contributed by atoms with Crippen molar-refractivity contribution >= 4 is 21.2 Å². The van der Waals surface area contributed by atoms with Crippen LogP contribution in [0, 0.1) is 0 Å². The van der Waals surface area contributed by atoms with E-state index in [2.05, 4.69) is 11.0 Å². The summed E-state index contributed by atoms with van der Waals surface area (Å²) >= 11 is 1.89. The van der Waals surface area contributed by atoms with Crippen LogP contribution in [0.4, 0.5) is 0 Å². The minimum Gasteiger partial charge on any atom is -0.496 e. The van der Waals surface area contributed by atoms with E-state index in [1.54, 1.807) is 26.4 Å². The number of thiophene rings is 1. The summed E-state index contributed by atoms with van der Waals surface area (Å²) in [6, 6.07) is 14.0. The van der Waals surface area contributed by atoms with Crippen LogP contribution in [-0.2, 0) is 35.6 Å². The van der Waals surface area contributed by atoms with E-state index < -0.39 is 9.84 Å². The maximum absolute atomic E-state index is 11.7. The Bertz CT molecular complexity index is 1260. The quantitative estimate of drug-likeness (QED) is 0.554. The monoisotopic (exact) mass is 469 g/mol. The molecule has 0 saturated carbocycles. The minimum atomic E-state index is -3.17. The highest BCUT2D eigenvalue weighted by Crippen LogP contribution is 2.45. The summed E-state index contributed by atoms with van der Waals surface area (Å²) in [5, 5.41) is 0. The molecule has 2 aliphatic rings. The van der Waals surface area contributed by atoms with E-state index in [9.17, 15) is 8.42 Å². The number of benzene rings is 2. The fourth-order valence-electron chi connectivity index (χ4n) is 4.97. The van der Waals surface area contributed by atoms with Crippen LogP contribution in [0.15, 0.2) is 47.4 Å². The van der Waals surface area contributed by atoms with Gasteiger partial charge in [-0.1, -0.05) is 12.1 Å². The van der Waals surface area contributed by atoms with Crippen molar-refractivity contribution < 1.29 is 17.9 Å². The smallest absolute Gasteiger partial charge is 0.175 e. The lowest BCUT2D eigenvalue weighted by atomic mass is 9.86. The molecule has 2 aromatic carbocycles. The average Bonchev–Trinajstić information content (AvgIpc) is 3.19. The SMILES string of the molecule is COc1ccc(OC)c2c1CC1c3cc(Cc4ccc(S(C)(=O)=O)cc4)sc3CCN1C2. The predicted octanol–water partition coefficient (Wildman–Crippen LogP) is 4.42. The number of hydrogen-bond acceptors (Lipinski definition) is 6. The van der Waals surface area contributed by atoms with E-state index in [0.29, 0.717) is 10.9 Å². The molecule has 5 nitrogen and oxygen atoms in total. The molecule has 0 radical (unpaired) electrons. The Balaban J connectivity index is 1.43. The van der Waals surface area contributed by atoms with Gasteiger partial charge in [0.05, 0.1) is 19.1 Å². The van der Waals surface area contributed by atoms with E-state index in [-0.39, 0.29) is 0 Å². The first-order valence-corrected chi connectivity index (χ1v) is 13.5. The highest BCUT2D eigenvalue weighted by molar-refractivity contribution is 7.90. The molecular formula is C25H27NO4S2. The van der Waals surface area contributed by atoms with Crippen LogP contribution in [0.25, 0.3) is 0 Å². The molecule has 5 rings (SSSR count). The number of sulfone groups is 1. The van der Waals surface area contributed by atoms with Gasteiger partial charge in [-0.05, 0) is 54.3 Å². The number of hydrogen-bond donors (Lipinski definition) is 0. The first-order chi connectivity index (χ1) is 15.4. The third kappa shape index (κ3) is 3.83. The van der Waals surface area contributed by atoms with Crippen LogP contribution in [0.3, 0.4) is 0 Å². The molecule has 7 heteroatoms. The van der Waals surface area contributed by atoms with Crippen molar-refractivity contribution in [2.75, 3.05) is 27.0 Å². The van der Waals surface area contributed by atoms with Gasteiger partial charge >= 0.3 is 0 Å². The van der Waals surface area contributed by atoms with Crippen molar-refractivity contribution in [3.8, 4) is 11.5 Å². The molecule has 3 heterocycles. The maximum Gasteiger partial charge on any atom is 0.175 e. The number of fused-ring (bicyclic) bond motifs is 4. The van der Waals surface area contributed by atoms with Crippen LogP contribution in [0.2, 0.25) is 0 Å². The van der Waals surface area contributed by atoms with Gasteiger partial charge in [-0.25, -0.2) is 8.42 Å². The lowest BCUT2D eigenvalue weighted by molar-refractivity contribution is 0.158. The number of rotatable bonds is 5. The zero-order chi connectivity index (χ0) is 22.5. The highest BCUT2D eigenvalue weighted by atomic mass is 32.2. The molecule has 0 saturated heterocycles. The summed E-state index contributed by atoms with van der Waals surface area (Å²) in [5.74, 6) is 1.88. The Labute approximate surface area is 193 Å². The summed E-state index contributed by atoms with van der Waals surface area (Å²) < 4.78 is 34.8. The Morgan fingerprint density at radius 2 is 1.72 bits per heavy atom. The average molecular weight is 470 g/mol. The van der Waals surface area contributed by atoms with Gasteiger partial charge < -0.3 is 9.47 Å². The molecule has 32 heavy (non-hydrogen) atoms. The van der Waals surface area contributed by atoms with E-state index in [1.165, 1.54) is 32.7 Å². The zero-order valence-electron chi connectivity index (χ0n) is 18.6. The van der Waals surface area contributed by atoms with Crippen molar-refractivity contribution in [3.05, 3.63) is 74.5 Å². The fourth-order valence-corrected chi connectivity index (χ4v) is 6.85.